The molecule has 20 heavy (non-hydrogen) atoms. The van der Waals surface area contributed by atoms with Crippen molar-refractivity contribution < 1.29 is 4.79 Å². The predicted molar refractivity (Wildman–Crippen MR) is 85.4 cm³/mol. The number of carbonyl (C=O) groups is 1. The van der Waals surface area contributed by atoms with E-state index in [4.69, 9.17) is 17.3 Å². The number of carbonyl (C=O) groups excluding carboxylic acids is 1. The van der Waals surface area contributed by atoms with Crippen LogP contribution in [0.25, 0.3) is 0 Å². The number of hydrogen-bond acceptors (Lipinski definition) is 4. The van der Waals surface area contributed by atoms with E-state index in [9.17, 15) is 4.79 Å². The highest BCUT2D eigenvalue weighted by atomic mass is 35.5. The van der Waals surface area contributed by atoms with Crippen LogP contribution in [-0.4, -0.2) is 24.4 Å². The lowest BCUT2D eigenvalue weighted by Crippen LogP contribution is -2.25. The minimum absolute atomic E-state index is 0.0253. The lowest BCUT2D eigenvalue weighted by atomic mass is 10.3. The molecular weight excluding hydrogens is 312 g/mol. The molecule has 0 atom stereocenters. The van der Waals surface area contributed by atoms with E-state index in [1.54, 1.807) is 35.4 Å². The number of hydrogen-bond donors (Lipinski definition) is 1. The van der Waals surface area contributed by atoms with Gasteiger partial charge in [-0.15, -0.1) is 22.7 Å². The summed E-state index contributed by atoms with van der Waals surface area (Å²) in [6, 6.07) is 5.47. The van der Waals surface area contributed by atoms with Crippen molar-refractivity contribution in [3.63, 3.8) is 0 Å². The Morgan fingerprint density at radius 3 is 2.95 bits per heavy atom. The first kappa shape index (κ1) is 15.1. The molecule has 2 aromatic rings. The molecule has 0 aromatic carbocycles. The Balaban J connectivity index is 2.02. The molecule has 2 N–H and O–H groups in total. The minimum atomic E-state index is -0.0253. The molecule has 2 heterocycles. The van der Waals surface area contributed by atoms with Crippen LogP contribution in [0.1, 0.15) is 20.1 Å². The molecular formula is C14H13ClN2OS2. The van der Waals surface area contributed by atoms with Crippen molar-refractivity contribution in [3.8, 4) is 11.8 Å². The van der Waals surface area contributed by atoms with Crippen LogP contribution in [0, 0.1) is 11.8 Å². The van der Waals surface area contributed by atoms with E-state index in [0.29, 0.717) is 22.3 Å². The Hall–Kier alpha value is -1.32. The highest BCUT2D eigenvalue weighted by molar-refractivity contribution is 7.18. The van der Waals surface area contributed by atoms with E-state index in [2.05, 4.69) is 11.8 Å². The maximum Gasteiger partial charge on any atom is 0.264 e. The average Bonchev–Trinajstić information content (AvgIpc) is 3.04. The first-order valence-corrected chi connectivity index (χ1v) is 7.94. The summed E-state index contributed by atoms with van der Waals surface area (Å²) >= 11 is 8.69. The Morgan fingerprint density at radius 1 is 1.50 bits per heavy atom. The molecule has 0 saturated heterocycles. The fraction of sp³-hybridized carbons (Fsp3) is 0.214. The Kier molecular flexibility index (Phi) is 5.21. The van der Waals surface area contributed by atoms with Crippen molar-refractivity contribution in [3.05, 3.63) is 43.2 Å². The van der Waals surface area contributed by atoms with E-state index in [0.717, 1.165) is 10.4 Å². The van der Waals surface area contributed by atoms with E-state index in [1.165, 1.54) is 11.3 Å². The zero-order valence-electron chi connectivity index (χ0n) is 10.9. The second kappa shape index (κ2) is 6.91. The van der Waals surface area contributed by atoms with Crippen LogP contribution >= 0.6 is 34.3 Å². The zero-order valence-corrected chi connectivity index (χ0v) is 13.2. The molecule has 0 bridgehead atoms. The molecule has 0 unspecified atom stereocenters. The number of nitrogens with zero attached hydrogens (tertiary/aromatic N) is 1. The summed E-state index contributed by atoms with van der Waals surface area (Å²) in [5, 5.41) is 2.01. The van der Waals surface area contributed by atoms with Crippen LogP contribution in [0.5, 0.6) is 0 Å². The van der Waals surface area contributed by atoms with Gasteiger partial charge < -0.3 is 10.6 Å². The number of amides is 1. The van der Waals surface area contributed by atoms with Gasteiger partial charge in [0.2, 0.25) is 0 Å². The van der Waals surface area contributed by atoms with Crippen molar-refractivity contribution >= 4 is 40.2 Å². The van der Waals surface area contributed by atoms with Gasteiger partial charge in [0.1, 0.15) is 0 Å². The van der Waals surface area contributed by atoms with Gasteiger partial charge >= 0.3 is 0 Å². The van der Waals surface area contributed by atoms with E-state index >= 15 is 0 Å². The second-order valence-electron chi connectivity index (χ2n) is 4.09. The summed E-state index contributed by atoms with van der Waals surface area (Å²) in [6.45, 7) is 0.903. The minimum Gasteiger partial charge on any atom is -0.337 e. The van der Waals surface area contributed by atoms with Crippen molar-refractivity contribution in [1.82, 2.24) is 4.90 Å². The highest BCUT2D eigenvalue weighted by Gasteiger charge is 2.14. The first-order valence-electron chi connectivity index (χ1n) is 5.87. The Morgan fingerprint density at radius 2 is 2.30 bits per heavy atom. The van der Waals surface area contributed by atoms with E-state index < -0.39 is 0 Å². The lowest BCUT2D eigenvalue weighted by molar-refractivity contribution is 0.0790. The maximum absolute atomic E-state index is 12.2. The smallest absolute Gasteiger partial charge is 0.264 e. The largest absolute Gasteiger partial charge is 0.337 e. The molecule has 0 radical (unpaired) electrons. The van der Waals surface area contributed by atoms with Gasteiger partial charge in [-0.2, -0.15) is 0 Å². The average molecular weight is 325 g/mol. The van der Waals surface area contributed by atoms with Gasteiger partial charge in [0.25, 0.3) is 5.91 Å². The molecule has 0 aliphatic heterocycles. The van der Waals surface area contributed by atoms with Crippen LogP contribution in [0.4, 0.5) is 0 Å². The zero-order chi connectivity index (χ0) is 14.5. The summed E-state index contributed by atoms with van der Waals surface area (Å²) in [6.07, 6.45) is 0. The number of thiophene rings is 2. The Labute approximate surface area is 131 Å². The number of halogens is 1. The molecule has 2 rings (SSSR count). The highest BCUT2D eigenvalue weighted by Crippen LogP contribution is 2.23. The summed E-state index contributed by atoms with van der Waals surface area (Å²) < 4.78 is 0.622. The molecule has 0 fully saturated rings. The van der Waals surface area contributed by atoms with Gasteiger partial charge in [0.05, 0.1) is 20.6 Å². The van der Waals surface area contributed by atoms with Crippen LogP contribution in [0.3, 0.4) is 0 Å². The number of nitrogens with two attached hydrogens (primary N) is 1. The maximum atomic E-state index is 12.2. The summed E-state index contributed by atoms with van der Waals surface area (Å²) in [7, 11) is 1.78. The normalized spacial score (nSPS) is 9.95. The standard InChI is InChI=1S/C14H13ClN2OS2/c1-17(14(18)12-4-5-13(15)20-12)8-10-7-11(19-9-10)3-2-6-16/h4-5,7,9H,6,8,16H2,1H3. The third kappa shape index (κ3) is 3.84. The first-order chi connectivity index (χ1) is 9.60. The van der Waals surface area contributed by atoms with Crippen molar-refractivity contribution in [2.75, 3.05) is 13.6 Å². The predicted octanol–water partition coefficient (Wildman–Crippen LogP) is 3.05. The third-order valence-electron chi connectivity index (χ3n) is 2.52. The van der Waals surface area contributed by atoms with Crippen molar-refractivity contribution in [2.24, 2.45) is 5.73 Å². The monoisotopic (exact) mass is 324 g/mol. The molecule has 0 aliphatic carbocycles. The van der Waals surface area contributed by atoms with E-state index in [1.807, 2.05) is 11.4 Å². The topological polar surface area (TPSA) is 46.3 Å². The molecule has 104 valence electrons. The lowest BCUT2D eigenvalue weighted by Gasteiger charge is -2.15. The third-order valence-corrected chi connectivity index (χ3v) is 4.63. The Bertz CT molecular complexity index is 666. The van der Waals surface area contributed by atoms with Crippen LogP contribution in [0.2, 0.25) is 4.34 Å². The quantitative estimate of drug-likeness (QED) is 0.882. The van der Waals surface area contributed by atoms with Gasteiger partial charge in [-0.1, -0.05) is 23.4 Å². The van der Waals surface area contributed by atoms with Gasteiger partial charge in [-0.25, -0.2) is 0 Å². The molecule has 2 aromatic heterocycles. The van der Waals surface area contributed by atoms with Gasteiger partial charge in [-0.3, -0.25) is 4.79 Å². The fourth-order valence-corrected chi connectivity index (χ4v) is 3.43. The SMILES string of the molecule is CN(Cc1csc(C#CCN)c1)C(=O)c1ccc(Cl)s1. The summed E-state index contributed by atoms with van der Waals surface area (Å²) in [4.78, 5) is 15.5. The van der Waals surface area contributed by atoms with Gasteiger partial charge in [-0.05, 0) is 29.1 Å². The molecule has 3 nitrogen and oxygen atoms in total. The molecule has 0 spiro atoms. The molecule has 0 saturated carbocycles. The molecule has 0 aliphatic rings. The van der Waals surface area contributed by atoms with Crippen LogP contribution in [0.15, 0.2) is 23.6 Å². The number of rotatable bonds is 3. The van der Waals surface area contributed by atoms with Crippen LogP contribution in [-0.2, 0) is 6.54 Å². The van der Waals surface area contributed by atoms with Gasteiger partial charge in [0.15, 0.2) is 0 Å². The molecule has 1 amide bonds. The summed E-state index contributed by atoms with van der Waals surface area (Å²) in [5.41, 5.74) is 6.40. The van der Waals surface area contributed by atoms with Crippen molar-refractivity contribution in [1.29, 1.82) is 0 Å². The second-order valence-corrected chi connectivity index (χ2v) is 6.72. The fourth-order valence-electron chi connectivity index (χ4n) is 1.63. The van der Waals surface area contributed by atoms with Crippen LogP contribution < -0.4 is 5.73 Å². The van der Waals surface area contributed by atoms with Crippen molar-refractivity contribution in [2.45, 2.75) is 6.54 Å². The van der Waals surface area contributed by atoms with E-state index in [-0.39, 0.29) is 5.91 Å². The summed E-state index contributed by atoms with van der Waals surface area (Å²) in [5.74, 6) is 5.78. The molecule has 6 heteroatoms. The van der Waals surface area contributed by atoms with Gasteiger partial charge in [0, 0.05) is 13.6 Å².